The topological polar surface area (TPSA) is 678 Å². The molecule has 0 saturated carbocycles. The lowest BCUT2D eigenvalue weighted by molar-refractivity contribution is -0.381. The number of hydrogen-bond donors (Lipinski definition) is 25. The minimum absolute atomic E-state index is 0.802. The Kier molecular flexibility index (Phi) is 28.2. The average molecular weight is 1410 g/mol. The van der Waals surface area contributed by atoms with Gasteiger partial charge in [0.25, 0.3) is 5.79 Å². The van der Waals surface area contributed by atoms with Crippen LogP contribution < -0.4 is 21.3 Å². The molecule has 0 bridgehead atoms. The first kappa shape index (κ1) is 79.4. The second-order valence-corrected chi connectivity index (χ2v) is 24.0. The fourth-order valence-corrected chi connectivity index (χ4v) is 12.1. The summed E-state index contributed by atoms with van der Waals surface area (Å²) in [6, 6.07) is -6.96. The first-order valence-electron chi connectivity index (χ1n) is 30.2. The highest BCUT2D eigenvalue weighted by molar-refractivity contribution is 5.77. The molecular formula is C53H88N4O39. The van der Waals surface area contributed by atoms with Gasteiger partial charge in [0.05, 0.1) is 58.4 Å². The number of aliphatic carboxylic acids is 1. The SMILES string of the molecule is CC(=O)N[C@H]1[C@H](OC[C@H]2O[C@@H](O[C@H]3[C@H](O)[C@@H](NC(C)=O)[C@H](OC[C@H]4OC(O)[C@H](NC(C)=O)[C@@H](O[C@@H]5O[C@H](CO)[C@H](O)[C@H](O[C@]6(C(=O)O)C[C@H](O)[C@@H](NC(C)=O)[C@H]([C@H](O)[C@H](O)CO)O6)[C@H]5O)[C@H]4O)O[C@@H]3CO)[C@H](O)[C@@H](O)[C@H]2O)O[C@H](CO)[C@@H](O[C@@H]2O[C@H](CO)[C@H](O)[C@H](O)[C@H]2O)[C@@H]1O. The van der Waals surface area contributed by atoms with E-state index in [1.54, 1.807) is 0 Å². The zero-order valence-electron chi connectivity index (χ0n) is 51.6. The van der Waals surface area contributed by atoms with Crippen LogP contribution in [0.15, 0.2) is 0 Å². The van der Waals surface area contributed by atoms with Gasteiger partial charge < -0.3 is 190 Å². The first-order chi connectivity index (χ1) is 45.2. The van der Waals surface area contributed by atoms with Crippen molar-refractivity contribution < 1.29 is 193 Å². The number of carboxylic acid groups (broad SMARTS) is 1. The molecular weight excluding hydrogens is 1320 g/mol. The number of nitrogens with one attached hydrogen (secondary N) is 4. The van der Waals surface area contributed by atoms with Crippen LogP contribution in [-0.4, -0.2) is 403 Å². The molecule has 7 saturated heterocycles. The fourth-order valence-electron chi connectivity index (χ4n) is 12.1. The molecule has 25 N–H and O–H groups in total. The Hall–Kier alpha value is -3.97. The minimum Gasteiger partial charge on any atom is -0.477 e. The molecule has 43 heteroatoms. The van der Waals surface area contributed by atoms with Crippen molar-refractivity contribution in [2.75, 3.05) is 46.2 Å². The Morgan fingerprint density at radius 2 is 0.802 bits per heavy atom. The van der Waals surface area contributed by atoms with Crippen LogP contribution in [0.3, 0.4) is 0 Å². The van der Waals surface area contributed by atoms with E-state index in [0.717, 1.165) is 27.7 Å². The summed E-state index contributed by atoms with van der Waals surface area (Å²) < 4.78 is 74.7. The molecule has 0 aromatic carbocycles. The zero-order valence-corrected chi connectivity index (χ0v) is 51.6. The van der Waals surface area contributed by atoms with Crippen molar-refractivity contribution in [3.05, 3.63) is 0 Å². The number of amides is 4. The maximum Gasteiger partial charge on any atom is 0.364 e. The highest BCUT2D eigenvalue weighted by atomic mass is 16.8. The van der Waals surface area contributed by atoms with Gasteiger partial charge in [0, 0.05) is 34.1 Å². The Balaban J connectivity index is 1.05. The van der Waals surface area contributed by atoms with Gasteiger partial charge in [0.15, 0.2) is 37.7 Å². The van der Waals surface area contributed by atoms with Crippen molar-refractivity contribution in [1.29, 1.82) is 0 Å². The molecule has 1 unspecified atom stereocenters. The summed E-state index contributed by atoms with van der Waals surface area (Å²) in [5.41, 5.74) is 0. The van der Waals surface area contributed by atoms with Crippen molar-refractivity contribution in [3.63, 3.8) is 0 Å². The van der Waals surface area contributed by atoms with E-state index in [9.17, 15) is 131 Å². The molecule has 7 rings (SSSR count). The molecule has 0 radical (unpaired) electrons. The average Bonchev–Trinajstić information content (AvgIpc) is 0.764. The van der Waals surface area contributed by atoms with Crippen molar-refractivity contribution in [1.82, 2.24) is 21.3 Å². The van der Waals surface area contributed by atoms with E-state index in [-0.39, 0.29) is 0 Å². The maximum absolute atomic E-state index is 13.1. The lowest BCUT2D eigenvalue weighted by Crippen LogP contribution is -2.71. The third-order valence-electron chi connectivity index (χ3n) is 17.1. The summed E-state index contributed by atoms with van der Waals surface area (Å²) in [5, 5.41) is 237. The first-order valence-corrected chi connectivity index (χ1v) is 30.2. The predicted molar refractivity (Wildman–Crippen MR) is 295 cm³/mol. The van der Waals surface area contributed by atoms with E-state index in [0.29, 0.717) is 0 Å². The number of hydrogen-bond acceptors (Lipinski definition) is 38. The Morgan fingerprint density at radius 1 is 0.427 bits per heavy atom. The quantitative estimate of drug-likeness (QED) is 0.0382. The van der Waals surface area contributed by atoms with Crippen LogP contribution in [0.4, 0.5) is 0 Å². The number of carboxylic acids is 1. The molecule has 4 amide bonds. The molecule has 0 aromatic rings. The molecule has 0 spiro atoms. The lowest BCUT2D eigenvalue weighted by Gasteiger charge is -2.51. The molecule has 7 aliphatic heterocycles. The summed E-state index contributed by atoms with van der Waals surface area (Å²) in [5.74, 6) is -8.75. The summed E-state index contributed by atoms with van der Waals surface area (Å²) in [6.07, 6.45) is -63.2. The van der Waals surface area contributed by atoms with Gasteiger partial charge in [-0.1, -0.05) is 0 Å². The summed E-state index contributed by atoms with van der Waals surface area (Å²) >= 11 is 0. The number of carbonyl (C=O) groups is 5. The van der Waals surface area contributed by atoms with Crippen LogP contribution in [-0.2, 0) is 85.6 Å². The van der Waals surface area contributed by atoms with Crippen LogP contribution in [0.25, 0.3) is 0 Å². The number of aliphatic hydroxyl groups excluding tert-OH is 20. The molecule has 43 nitrogen and oxygen atoms in total. The van der Waals surface area contributed by atoms with Gasteiger partial charge in [-0.15, -0.1) is 0 Å². The van der Waals surface area contributed by atoms with E-state index in [2.05, 4.69) is 21.3 Å². The molecule has 96 heavy (non-hydrogen) atoms. The van der Waals surface area contributed by atoms with Crippen LogP contribution in [0.1, 0.15) is 34.1 Å². The van der Waals surface area contributed by atoms with Crippen molar-refractivity contribution >= 4 is 29.6 Å². The molecule has 7 fully saturated rings. The summed E-state index contributed by atoms with van der Waals surface area (Å²) in [7, 11) is 0. The molecule has 554 valence electrons. The monoisotopic (exact) mass is 1400 g/mol. The Morgan fingerprint density at radius 3 is 1.24 bits per heavy atom. The van der Waals surface area contributed by atoms with Gasteiger partial charge in [-0.2, -0.15) is 0 Å². The van der Waals surface area contributed by atoms with Crippen molar-refractivity contribution in [2.24, 2.45) is 0 Å². The van der Waals surface area contributed by atoms with Crippen LogP contribution in [0.5, 0.6) is 0 Å². The maximum atomic E-state index is 13.1. The van der Waals surface area contributed by atoms with Gasteiger partial charge in [0.1, 0.15) is 165 Å². The molecule has 7 aliphatic rings. The van der Waals surface area contributed by atoms with E-state index in [1.807, 2.05) is 0 Å². The van der Waals surface area contributed by atoms with Crippen LogP contribution in [0, 0.1) is 0 Å². The van der Waals surface area contributed by atoms with Crippen LogP contribution >= 0.6 is 0 Å². The van der Waals surface area contributed by atoms with E-state index in [4.69, 9.17) is 61.6 Å². The van der Waals surface area contributed by atoms with Crippen molar-refractivity contribution in [2.45, 2.75) is 254 Å². The smallest absolute Gasteiger partial charge is 0.364 e. The number of rotatable bonds is 26. The number of aliphatic hydroxyl groups is 20. The van der Waals surface area contributed by atoms with E-state index >= 15 is 0 Å². The van der Waals surface area contributed by atoms with Gasteiger partial charge in [-0.3, -0.25) is 19.2 Å². The molecule has 0 aromatic heterocycles. The normalized spacial score (nSPS) is 46.0. The van der Waals surface area contributed by atoms with Gasteiger partial charge >= 0.3 is 5.97 Å². The highest BCUT2D eigenvalue weighted by Crippen LogP contribution is 2.40. The fraction of sp³-hybridized carbons (Fsp3) is 0.906. The number of carbonyl (C=O) groups excluding carboxylic acids is 4. The third-order valence-corrected chi connectivity index (χ3v) is 17.1. The zero-order chi connectivity index (χ0) is 71.3. The molecule has 36 atom stereocenters. The molecule has 7 heterocycles. The lowest BCUT2D eigenvalue weighted by atomic mass is 9.88. The van der Waals surface area contributed by atoms with Crippen LogP contribution in [0.2, 0.25) is 0 Å². The van der Waals surface area contributed by atoms with E-state index in [1.165, 1.54) is 0 Å². The second kappa shape index (κ2) is 34.1. The summed E-state index contributed by atoms with van der Waals surface area (Å²) in [6.45, 7) is -3.14. The second-order valence-electron chi connectivity index (χ2n) is 24.0. The summed E-state index contributed by atoms with van der Waals surface area (Å²) in [4.78, 5) is 62.9. The number of ether oxygens (including phenoxy) is 13. The predicted octanol–water partition coefficient (Wildman–Crippen LogP) is -16.5. The third kappa shape index (κ3) is 17.7. The van der Waals surface area contributed by atoms with Gasteiger partial charge in [-0.05, 0) is 0 Å². The largest absolute Gasteiger partial charge is 0.477 e. The van der Waals surface area contributed by atoms with Gasteiger partial charge in [-0.25, -0.2) is 4.79 Å². The van der Waals surface area contributed by atoms with Gasteiger partial charge in [0.2, 0.25) is 23.6 Å². The van der Waals surface area contributed by atoms with E-state index < -0.39 is 303 Å². The minimum atomic E-state index is -3.23. The van der Waals surface area contributed by atoms with Crippen molar-refractivity contribution in [3.8, 4) is 0 Å². The Bertz CT molecular complexity index is 2540. The molecule has 0 aliphatic carbocycles. The highest BCUT2D eigenvalue weighted by Gasteiger charge is 2.62. The standard InChI is InChI=1S/C53H88N4O39/c1-13(63)54-25-17(67)5-53(52(82)83,95-44(25)29(69)18(68)6-58)96-45-32(72)20(8-60)88-51(40(45)80)94-43-28(57-16(4)66)46(81)86-24(33(43)73)12-85-48-27(56-15(3)65)35(75)42(22(10-62)90-48)93-50-39(79)37(77)31(71)23(91-50)11-84-47-26(55-14(2)64)34(74)41(21(9-61)89-47)92-49-38(78)36(76)30(70)19(7-59)87-49/h17-51,58-62,67-81H,5-12H2,1-4H3,(H,54,63)(H,55,64)(H,56,65)(H,57,66)(H,82,83)/t17-,18+,19+,20+,21+,22+,23+,24+,25+,26+,27+,28+,29+,30-,31-,32-,33-,34+,35+,36-,37-,38+,39+,40+,41+,42+,43+,44+,45-,46?,47+,48+,49-,50-,51-,53-/m0/s1. The Labute approximate surface area is 543 Å².